The standard InChI is InChI=1S/C46H72N2O14/c1-27-13-15-33-29(3)39(55-41-45(33)31(27)21-23-43(5,57-41)59-61-45)53-37(51)19-17-35(49)47-25-11-9-7-8-10-12-26-48-36(50)18-20-38(52)54-40-30(4)34-16-14-28(2)32-22-24-44(6)58-42(56-40)46(32,34)62-60-44/h27-34,39-42H,7-26H2,1-6H3,(H,47,49)(H,48,50)/t27-,28-,29-,30-,31+,32+,33+,34+,39-,40-,41-,42-,43-,44-,45-,46-/m1/s1. The number of rotatable bonds is 17. The van der Waals surface area contributed by atoms with Crippen molar-refractivity contribution in [1.82, 2.24) is 10.6 Å². The van der Waals surface area contributed by atoms with Crippen LogP contribution in [0.3, 0.4) is 0 Å². The number of carbonyl (C=O) groups is 4. The molecule has 2 saturated carbocycles. The molecule has 8 aliphatic heterocycles. The summed E-state index contributed by atoms with van der Waals surface area (Å²) in [5, 5.41) is 5.83. The van der Waals surface area contributed by atoms with Gasteiger partial charge in [-0.05, 0) is 88.9 Å². The minimum Gasteiger partial charge on any atom is -0.435 e. The lowest BCUT2D eigenvalue weighted by Gasteiger charge is -2.59. The minimum atomic E-state index is -0.904. The first-order valence-corrected chi connectivity index (χ1v) is 24.0. The van der Waals surface area contributed by atoms with E-state index in [4.69, 9.17) is 48.0 Å². The molecule has 2 spiro atoms. The summed E-state index contributed by atoms with van der Waals surface area (Å²) < 4.78 is 37.0. The van der Waals surface area contributed by atoms with Gasteiger partial charge in [0.1, 0.15) is 0 Å². The number of ether oxygens (including phenoxy) is 6. The van der Waals surface area contributed by atoms with E-state index in [1.807, 2.05) is 27.7 Å². The van der Waals surface area contributed by atoms with E-state index in [0.29, 0.717) is 37.8 Å². The highest BCUT2D eigenvalue weighted by Gasteiger charge is 2.71. The molecule has 2 aliphatic carbocycles. The van der Waals surface area contributed by atoms with E-state index in [9.17, 15) is 19.2 Å². The lowest BCUT2D eigenvalue weighted by Crippen LogP contribution is -2.70. The summed E-state index contributed by atoms with van der Waals surface area (Å²) in [7, 11) is 0. The first-order valence-electron chi connectivity index (χ1n) is 24.0. The highest BCUT2D eigenvalue weighted by atomic mass is 17.3. The number of fused-ring (bicyclic) bond motifs is 4. The average molecular weight is 877 g/mol. The van der Waals surface area contributed by atoms with Crippen molar-refractivity contribution in [3.05, 3.63) is 0 Å². The molecule has 8 saturated heterocycles. The molecule has 16 heteroatoms. The molecule has 10 rings (SSSR count). The highest BCUT2D eigenvalue weighted by molar-refractivity contribution is 5.81. The van der Waals surface area contributed by atoms with E-state index in [-0.39, 0.29) is 73.0 Å². The summed E-state index contributed by atoms with van der Waals surface area (Å²) in [5.74, 6) is -1.92. The van der Waals surface area contributed by atoms with Crippen molar-refractivity contribution in [2.24, 2.45) is 47.3 Å². The second kappa shape index (κ2) is 18.8. The van der Waals surface area contributed by atoms with Gasteiger partial charge >= 0.3 is 11.9 Å². The SMILES string of the molecule is C[C@H]1[C@H](OC(=O)CCC(=O)NCCCCCCCCNC(=O)CCC(=O)O[C@@H]2O[C@@H]3O[C@@]4(C)CC[C@H]5[C@H](C)CC[C@@H]([C@H]2C)[C@@]35OO4)O[C@@H]2O[C@@]3(C)CC[C@H]4[C@H](C)CC[C@@H]1[C@@]24OO3. The zero-order valence-corrected chi connectivity index (χ0v) is 37.8. The zero-order valence-electron chi connectivity index (χ0n) is 37.8. The van der Waals surface area contributed by atoms with Gasteiger partial charge in [0.15, 0.2) is 23.8 Å². The largest absolute Gasteiger partial charge is 0.435 e. The summed E-state index contributed by atoms with van der Waals surface area (Å²) in [6.45, 7) is 13.4. The van der Waals surface area contributed by atoms with Crippen LogP contribution in [0.1, 0.15) is 157 Å². The van der Waals surface area contributed by atoms with Gasteiger partial charge in [-0.1, -0.05) is 53.4 Å². The third-order valence-corrected chi connectivity index (χ3v) is 16.0. The lowest BCUT2D eigenvalue weighted by atomic mass is 9.58. The lowest BCUT2D eigenvalue weighted by molar-refractivity contribution is -0.576. The maximum Gasteiger partial charge on any atom is 0.308 e. The van der Waals surface area contributed by atoms with Crippen LogP contribution in [-0.2, 0) is 67.1 Å². The molecular formula is C46H72N2O14. The predicted octanol–water partition coefficient (Wildman–Crippen LogP) is 6.62. The molecule has 2 amide bonds. The molecule has 4 bridgehead atoms. The van der Waals surface area contributed by atoms with Crippen LogP contribution < -0.4 is 10.6 Å². The van der Waals surface area contributed by atoms with Crippen LogP contribution in [0.25, 0.3) is 0 Å². The molecule has 62 heavy (non-hydrogen) atoms. The van der Waals surface area contributed by atoms with Gasteiger partial charge in [-0.15, -0.1) is 0 Å². The average Bonchev–Trinajstić information content (AvgIpc) is 3.62. The van der Waals surface area contributed by atoms with Crippen LogP contribution in [0.2, 0.25) is 0 Å². The van der Waals surface area contributed by atoms with Crippen molar-refractivity contribution in [2.45, 2.75) is 205 Å². The summed E-state index contributed by atoms with van der Waals surface area (Å²) in [6.07, 6.45) is 9.89. The Morgan fingerprint density at radius 3 is 1.34 bits per heavy atom. The van der Waals surface area contributed by atoms with Gasteiger partial charge < -0.3 is 39.1 Å². The molecule has 0 aromatic carbocycles. The quantitative estimate of drug-likeness (QED) is 0.0903. The van der Waals surface area contributed by atoms with E-state index in [0.717, 1.165) is 77.0 Å². The van der Waals surface area contributed by atoms with Crippen LogP contribution in [0.4, 0.5) is 0 Å². The monoisotopic (exact) mass is 876 g/mol. The molecule has 8 heterocycles. The van der Waals surface area contributed by atoms with Gasteiger partial charge in [0.25, 0.3) is 0 Å². The summed E-state index contributed by atoms with van der Waals surface area (Å²) in [5.41, 5.74) is -1.44. The minimum absolute atomic E-state index is 0.0325. The highest BCUT2D eigenvalue weighted by Crippen LogP contribution is 2.62. The van der Waals surface area contributed by atoms with E-state index in [1.165, 1.54) is 0 Å². The van der Waals surface area contributed by atoms with Crippen molar-refractivity contribution < 1.29 is 67.1 Å². The Kier molecular flexibility index (Phi) is 14.0. The van der Waals surface area contributed by atoms with Crippen molar-refractivity contribution in [1.29, 1.82) is 0 Å². The van der Waals surface area contributed by atoms with Crippen LogP contribution in [0.15, 0.2) is 0 Å². The molecule has 350 valence electrons. The molecule has 10 fully saturated rings. The Morgan fingerprint density at radius 1 is 0.516 bits per heavy atom. The zero-order chi connectivity index (χ0) is 43.9. The molecule has 0 radical (unpaired) electrons. The van der Waals surface area contributed by atoms with E-state index in [2.05, 4.69) is 24.5 Å². The number of nitrogens with one attached hydrogen (secondary N) is 2. The fourth-order valence-electron chi connectivity index (χ4n) is 12.4. The van der Waals surface area contributed by atoms with Crippen LogP contribution in [0, 0.1) is 47.3 Å². The Bertz CT molecular complexity index is 1520. The van der Waals surface area contributed by atoms with Crippen LogP contribution in [0.5, 0.6) is 0 Å². The Morgan fingerprint density at radius 2 is 0.919 bits per heavy atom. The molecule has 0 aromatic heterocycles. The van der Waals surface area contributed by atoms with Crippen molar-refractivity contribution >= 4 is 23.8 Å². The second-order valence-electron chi connectivity index (χ2n) is 20.3. The normalized spacial score (nSPS) is 43.9. The smallest absolute Gasteiger partial charge is 0.308 e. The Balaban J connectivity index is 0.646. The molecule has 16 nitrogen and oxygen atoms in total. The molecule has 0 unspecified atom stereocenters. The Hall–Kier alpha value is -2.44. The van der Waals surface area contributed by atoms with Gasteiger partial charge in [-0.3, -0.25) is 19.2 Å². The number of amides is 2. The van der Waals surface area contributed by atoms with Crippen molar-refractivity contribution in [2.75, 3.05) is 13.1 Å². The van der Waals surface area contributed by atoms with Crippen molar-refractivity contribution in [3.63, 3.8) is 0 Å². The fraction of sp³-hybridized carbons (Fsp3) is 0.913. The van der Waals surface area contributed by atoms with Crippen LogP contribution >= 0.6 is 0 Å². The number of hydrogen-bond acceptors (Lipinski definition) is 14. The predicted molar refractivity (Wildman–Crippen MR) is 218 cm³/mol. The summed E-state index contributed by atoms with van der Waals surface area (Å²) in [4.78, 5) is 74.9. The van der Waals surface area contributed by atoms with Crippen molar-refractivity contribution in [3.8, 4) is 0 Å². The number of esters is 2. The summed E-state index contributed by atoms with van der Waals surface area (Å²) in [6, 6.07) is 0. The third kappa shape index (κ3) is 9.06. The summed E-state index contributed by atoms with van der Waals surface area (Å²) >= 11 is 0. The van der Waals surface area contributed by atoms with Gasteiger partial charge in [0.2, 0.25) is 36.0 Å². The van der Waals surface area contributed by atoms with Gasteiger partial charge in [0, 0.05) is 62.4 Å². The number of carbonyl (C=O) groups excluding carboxylic acids is 4. The third-order valence-electron chi connectivity index (χ3n) is 16.0. The van der Waals surface area contributed by atoms with E-state index < -0.39 is 59.9 Å². The molecule has 16 atom stereocenters. The van der Waals surface area contributed by atoms with Gasteiger partial charge in [-0.2, -0.15) is 0 Å². The Labute approximate surface area is 366 Å². The maximum atomic E-state index is 12.9. The van der Waals surface area contributed by atoms with Gasteiger partial charge in [-0.25, -0.2) is 19.6 Å². The van der Waals surface area contributed by atoms with Crippen LogP contribution in [-0.4, -0.2) is 84.8 Å². The fourth-order valence-corrected chi connectivity index (χ4v) is 12.4. The molecule has 0 aromatic rings. The first kappa shape index (κ1) is 46.1. The van der Waals surface area contributed by atoms with E-state index >= 15 is 0 Å². The molecular weight excluding hydrogens is 805 g/mol. The van der Waals surface area contributed by atoms with Gasteiger partial charge in [0.05, 0.1) is 12.8 Å². The maximum absolute atomic E-state index is 12.9. The topological polar surface area (TPSA) is 185 Å². The molecule has 10 aliphatic rings. The second-order valence-corrected chi connectivity index (χ2v) is 20.3. The van der Waals surface area contributed by atoms with E-state index in [1.54, 1.807) is 0 Å². The molecule has 2 N–H and O–H groups in total. The number of unbranched alkanes of at least 4 members (excludes halogenated alkanes) is 5. The first-order chi connectivity index (χ1) is 29.7. The number of hydrogen-bond donors (Lipinski definition) is 2.